The Morgan fingerprint density at radius 2 is 0.500 bits per heavy atom. The van der Waals surface area contributed by atoms with Crippen LogP contribution >= 0.6 is 0 Å². The lowest BCUT2D eigenvalue weighted by atomic mass is 9.91. The first-order valence-corrected chi connectivity index (χ1v) is 6.51. The Hall–Kier alpha value is -2.38. The van der Waals surface area contributed by atoms with Gasteiger partial charge in [-0.1, -0.05) is 0 Å². The third-order valence-corrected chi connectivity index (χ3v) is 4.03. The van der Waals surface area contributed by atoms with E-state index in [0.717, 1.165) is 13.8 Å². The first kappa shape index (κ1) is 16.5. The molecule has 3 aromatic rings. The fraction of sp³-hybridized carbons (Fsp3) is 0.125. The highest BCUT2D eigenvalue weighted by molar-refractivity contribution is 6.06. The van der Waals surface area contributed by atoms with Crippen molar-refractivity contribution < 1.29 is 35.1 Å². The van der Waals surface area contributed by atoms with E-state index >= 15 is 0 Å². The fourth-order valence-electron chi connectivity index (χ4n) is 2.92. The Kier molecular flexibility index (Phi) is 3.47. The van der Waals surface area contributed by atoms with Crippen LogP contribution in [0, 0.1) is 60.4 Å². The molecule has 126 valence electrons. The van der Waals surface area contributed by atoms with Crippen LogP contribution in [0.15, 0.2) is 0 Å². The number of halogens is 8. The fourth-order valence-corrected chi connectivity index (χ4v) is 2.92. The highest BCUT2D eigenvalue weighted by Crippen LogP contribution is 2.40. The number of rotatable bonds is 0. The second-order valence-corrected chi connectivity index (χ2v) is 5.26. The van der Waals surface area contributed by atoms with E-state index in [0.29, 0.717) is 0 Å². The van der Waals surface area contributed by atoms with Crippen LogP contribution in [0.3, 0.4) is 0 Å². The minimum Gasteiger partial charge on any atom is -0.203 e. The Morgan fingerprint density at radius 3 is 0.667 bits per heavy atom. The van der Waals surface area contributed by atoms with Crippen LogP contribution in [0.5, 0.6) is 0 Å². The number of benzene rings is 3. The van der Waals surface area contributed by atoms with Gasteiger partial charge in [0.25, 0.3) is 0 Å². The normalized spacial score (nSPS) is 11.8. The summed E-state index contributed by atoms with van der Waals surface area (Å²) in [6.07, 6.45) is 0. The molecule has 0 atom stereocenters. The zero-order valence-electron chi connectivity index (χ0n) is 12.0. The van der Waals surface area contributed by atoms with Gasteiger partial charge in [0.2, 0.25) is 0 Å². The second-order valence-electron chi connectivity index (χ2n) is 5.26. The third-order valence-electron chi connectivity index (χ3n) is 4.03. The van der Waals surface area contributed by atoms with E-state index in [9.17, 15) is 35.1 Å². The summed E-state index contributed by atoms with van der Waals surface area (Å²) in [6.45, 7) is 1.87. The van der Waals surface area contributed by atoms with Crippen molar-refractivity contribution >= 4 is 21.5 Å². The SMILES string of the molecule is Cc1c2c(F)c(F)c(F)c(F)c2c(C)c2c(F)c(F)c(F)c(F)c12. The first-order chi connectivity index (χ1) is 11.1. The van der Waals surface area contributed by atoms with Crippen molar-refractivity contribution in [1.82, 2.24) is 0 Å². The lowest BCUT2D eigenvalue weighted by molar-refractivity contribution is 0.415. The molecule has 0 N–H and O–H groups in total. The molecule has 0 nitrogen and oxygen atoms in total. The minimum atomic E-state index is -2.15. The molecule has 0 unspecified atom stereocenters. The Labute approximate surface area is 129 Å². The van der Waals surface area contributed by atoms with E-state index in [1.807, 2.05) is 0 Å². The molecule has 0 aliphatic rings. The second kappa shape index (κ2) is 5.06. The zero-order chi connectivity index (χ0) is 18.1. The van der Waals surface area contributed by atoms with Crippen molar-refractivity contribution in [2.24, 2.45) is 0 Å². The maximum atomic E-state index is 14.1. The molecule has 8 heteroatoms. The summed E-state index contributed by atoms with van der Waals surface area (Å²) in [5.41, 5.74) is -1.17. The monoisotopic (exact) mass is 350 g/mol. The Balaban J connectivity index is 2.82. The molecule has 0 saturated carbocycles. The van der Waals surface area contributed by atoms with Gasteiger partial charge in [-0.25, -0.2) is 35.1 Å². The van der Waals surface area contributed by atoms with Gasteiger partial charge in [0, 0.05) is 21.5 Å². The molecule has 0 spiro atoms. The van der Waals surface area contributed by atoms with Crippen molar-refractivity contribution in [3.05, 3.63) is 57.7 Å². The van der Waals surface area contributed by atoms with Gasteiger partial charge >= 0.3 is 0 Å². The van der Waals surface area contributed by atoms with Gasteiger partial charge in [0.15, 0.2) is 46.5 Å². The molecule has 0 heterocycles. The van der Waals surface area contributed by atoms with Gasteiger partial charge in [-0.05, 0) is 25.0 Å². The quantitative estimate of drug-likeness (QED) is 0.210. The van der Waals surface area contributed by atoms with Gasteiger partial charge in [-0.2, -0.15) is 0 Å². The average molecular weight is 350 g/mol. The lowest BCUT2D eigenvalue weighted by Crippen LogP contribution is -2.06. The summed E-state index contributed by atoms with van der Waals surface area (Å²) in [5.74, 6) is -15.9. The highest BCUT2D eigenvalue weighted by Gasteiger charge is 2.29. The van der Waals surface area contributed by atoms with Crippen LogP contribution in [0.25, 0.3) is 21.5 Å². The topological polar surface area (TPSA) is 0 Å². The van der Waals surface area contributed by atoms with Gasteiger partial charge in [-0.15, -0.1) is 0 Å². The van der Waals surface area contributed by atoms with Gasteiger partial charge in [-0.3, -0.25) is 0 Å². The largest absolute Gasteiger partial charge is 0.203 e. The summed E-state index contributed by atoms with van der Waals surface area (Å²) < 4.78 is 110. The summed E-state index contributed by atoms with van der Waals surface area (Å²) in [4.78, 5) is 0. The number of fused-ring (bicyclic) bond motifs is 2. The van der Waals surface area contributed by atoms with Crippen molar-refractivity contribution in [2.75, 3.05) is 0 Å². The standard InChI is InChI=1S/C16H6F8/c1-3-5-7(11(19)15(23)13(21)9(5)17)4(2)8-6(3)10(18)14(22)16(24)12(8)20/h1-2H3. The molecule has 0 bridgehead atoms. The van der Waals surface area contributed by atoms with Crippen LogP contribution in [0.4, 0.5) is 35.1 Å². The molecule has 0 aliphatic heterocycles. The minimum absolute atomic E-state index is 0.587. The van der Waals surface area contributed by atoms with E-state index in [1.54, 1.807) is 0 Å². The molecule has 0 amide bonds. The Bertz CT molecular complexity index is 888. The van der Waals surface area contributed by atoms with Crippen LogP contribution < -0.4 is 0 Å². The van der Waals surface area contributed by atoms with E-state index in [1.165, 1.54) is 0 Å². The number of aryl methyl sites for hydroxylation is 2. The maximum Gasteiger partial charge on any atom is 0.198 e. The number of hydrogen-bond acceptors (Lipinski definition) is 0. The number of hydrogen-bond donors (Lipinski definition) is 0. The van der Waals surface area contributed by atoms with Crippen molar-refractivity contribution in [2.45, 2.75) is 13.8 Å². The predicted molar refractivity (Wildman–Crippen MR) is 70.6 cm³/mol. The molecule has 0 radical (unpaired) electrons. The molecular weight excluding hydrogens is 344 g/mol. The van der Waals surface area contributed by atoms with Gasteiger partial charge in [0.05, 0.1) is 0 Å². The van der Waals surface area contributed by atoms with E-state index in [-0.39, 0.29) is 0 Å². The smallest absolute Gasteiger partial charge is 0.198 e. The van der Waals surface area contributed by atoms with Crippen LogP contribution in [0.1, 0.15) is 11.1 Å². The zero-order valence-corrected chi connectivity index (χ0v) is 12.0. The van der Waals surface area contributed by atoms with Gasteiger partial charge < -0.3 is 0 Å². The van der Waals surface area contributed by atoms with E-state index in [2.05, 4.69) is 0 Å². The van der Waals surface area contributed by atoms with Crippen molar-refractivity contribution in [3.8, 4) is 0 Å². The molecule has 0 fully saturated rings. The summed E-state index contributed by atoms with van der Waals surface area (Å²) >= 11 is 0. The summed E-state index contributed by atoms with van der Waals surface area (Å²) in [6, 6.07) is 0. The molecule has 0 aliphatic carbocycles. The predicted octanol–water partition coefficient (Wildman–Crippen LogP) is 5.72. The van der Waals surface area contributed by atoms with Crippen LogP contribution in [-0.4, -0.2) is 0 Å². The molecule has 3 aromatic carbocycles. The molecule has 0 saturated heterocycles. The molecule has 3 rings (SSSR count). The maximum absolute atomic E-state index is 14.1. The van der Waals surface area contributed by atoms with E-state index in [4.69, 9.17) is 0 Å². The van der Waals surface area contributed by atoms with Crippen LogP contribution in [0.2, 0.25) is 0 Å². The first-order valence-electron chi connectivity index (χ1n) is 6.51. The van der Waals surface area contributed by atoms with Crippen molar-refractivity contribution in [1.29, 1.82) is 0 Å². The molecule has 0 aromatic heterocycles. The van der Waals surface area contributed by atoms with Crippen molar-refractivity contribution in [3.63, 3.8) is 0 Å². The molecular formula is C16H6F8. The lowest BCUT2D eigenvalue weighted by Gasteiger charge is -2.16. The van der Waals surface area contributed by atoms with Crippen LogP contribution in [-0.2, 0) is 0 Å². The summed E-state index contributed by atoms with van der Waals surface area (Å²) in [5, 5.41) is -3.50. The Morgan fingerprint density at radius 1 is 0.333 bits per heavy atom. The van der Waals surface area contributed by atoms with Gasteiger partial charge in [0.1, 0.15) is 0 Å². The highest BCUT2D eigenvalue weighted by atomic mass is 19.2. The molecule has 24 heavy (non-hydrogen) atoms. The van der Waals surface area contributed by atoms with E-state index < -0.39 is 79.2 Å². The summed E-state index contributed by atoms with van der Waals surface area (Å²) in [7, 11) is 0. The average Bonchev–Trinajstić information content (AvgIpc) is 2.55. The third kappa shape index (κ3) is 1.79.